The predicted octanol–water partition coefficient (Wildman–Crippen LogP) is 3.21. The SMILES string of the molecule is C=CC.C=CF.F.F.F.F.F.F. The highest BCUT2D eigenvalue weighted by Gasteiger charge is 1.19. The normalized spacial score (nSPS) is 2.17. The fourth-order valence-electron chi connectivity index (χ4n) is 0. The fraction of sp³-hybridized carbons (Fsp3) is 0.200. The Morgan fingerprint density at radius 1 is 0.833 bits per heavy atom. The van der Waals surface area contributed by atoms with Gasteiger partial charge in [-0.25, -0.2) is 4.39 Å². The summed E-state index contributed by atoms with van der Waals surface area (Å²) in [6, 6.07) is 0. The molecule has 0 amide bonds. The van der Waals surface area contributed by atoms with Gasteiger partial charge in [0, 0.05) is 0 Å². The van der Waals surface area contributed by atoms with Crippen molar-refractivity contribution < 1.29 is 32.6 Å². The summed E-state index contributed by atoms with van der Waals surface area (Å²) in [5, 5.41) is 0. The molecule has 0 rings (SSSR count). The number of rotatable bonds is 0. The van der Waals surface area contributed by atoms with Gasteiger partial charge in [0.15, 0.2) is 0 Å². The molecule has 0 N–H and O–H groups in total. The van der Waals surface area contributed by atoms with E-state index in [0.717, 1.165) is 0 Å². The van der Waals surface area contributed by atoms with Crippen LogP contribution in [0.25, 0.3) is 0 Å². The summed E-state index contributed by atoms with van der Waals surface area (Å²) in [6.07, 6.45) is 2.00. The Morgan fingerprint density at radius 2 is 0.833 bits per heavy atom. The Balaban J connectivity index is -0.00000000296. The predicted molar refractivity (Wildman–Crippen MR) is 42.2 cm³/mol. The van der Waals surface area contributed by atoms with Crippen LogP contribution >= 0.6 is 0 Å². The quantitative estimate of drug-likeness (QED) is 0.423. The molecule has 0 aliphatic heterocycles. The molecular formula is C5H15F7. The molecule has 0 aromatic rings. The van der Waals surface area contributed by atoms with Crippen molar-refractivity contribution in [2.75, 3.05) is 0 Å². The van der Waals surface area contributed by atoms with Gasteiger partial charge in [-0.15, -0.1) is 6.58 Å². The van der Waals surface area contributed by atoms with E-state index in [0.29, 0.717) is 0 Å². The zero-order valence-corrected chi connectivity index (χ0v) is 6.40. The molecule has 0 spiro atoms. The molecule has 0 saturated heterocycles. The van der Waals surface area contributed by atoms with Crippen molar-refractivity contribution >= 4 is 0 Å². The van der Waals surface area contributed by atoms with E-state index >= 15 is 0 Å². The minimum absolute atomic E-state index is 0. The molecule has 0 saturated carbocycles. The summed E-state index contributed by atoms with van der Waals surface area (Å²) >= 11 is 0. The maximum absolute atomic E-state index is 10.1. The third-order valence-electron chi connectivity index (χ3n) is 0. The maximum Gasteiger partial charge on any atom is 0.0795 e. The molecule has 12 heavy (non-hydrogen) atoms. The van der Waals surface area contributed by atoms with Crippen LogP contribution in [0.1, 0.15) is 6.92 Å². The van der Waals surface area contributed by atoms with Crippen LogP contribution in [0.5, 0.6) is 0 Å². The molecular weight excluding hydrogens is 193 g/mol. The minimum atomic E-state index is 0. The summed E-state index contributed by atoms with van der Waals surface area (Å²) < 4.78 is 10.1. The van der Waals surface area contributed by atoms with Crippen molar-refractivity contribution in [1.29, 1.82) is 0 Å². The maximum atomic E-state index is 10.1. The molecule has 84 valence electrons. The van der Waals surface area contributed by atoms with Crippen molar-refractivity contribution in [1.82, 2.24) is 0 Å². The topological polar surface area (TPSA) is 0 Å². The first-order valence-electron chi connectivity index (χ1n) is 1.61. The first kappa shape index (κ1) is 123. The van der Waals surface area contributed by atoms with Gasteiger partial charge < -0.3 is 0 Å². The van der Waals surface area contributed by atoms with E-state index in [9.17, 15) is 4.39 Å². The first-order valence-corrected chi connectivity index (χ1v) is 1.61. The molecule has 0 atom stereocenters. The van der Waals surface area contributed by atoms with Gasteiger partial charge in [-0.1, -0.05) is 12.7 Å². The Kier molecular flexibility index (Phi) is 8420. The second kappa shape index (κ2) is 824. The zero-order chi connectivity index (χ0) is 5.41. The molecule has 0 aromatic heterocycles. The van der Waals surface area contributed by atoms with Crippen molar-refractivity contribution in [2.45, 2.75) is 6.92 Å². The van der Waals surface area contributed by atoms with Gasteiger partial charge >= 0.3 is 0 Å². The molecule has 0 radical (unpaired) electrons. The van der Waals surface area contributed by atoms with Gasteiger partial charge in [0.05, 0.1) is 6.33 Å². The van der Waals surface area contributed by atoms with Crippen LogP contribution in [-0.2, 0) is 0 Å². The highest BCUT2D eigenvalue weighted by molar-refractivity contribution is 4.51. The standard InChI is InChI=1S/C3H6.C2H3F.6FH/c1-3-2;1-2-3;;;;;;/h3H,1H2,2H3;2H,1H2;6*1H. The molecule has 0 bridgehead atoms. The van der Waals surface area contributed by atoms with Gasteiger partial charge in [0.1, 0.15) is 0 Å². The van der Waals surface area contributed by atoms with Crippen LogP contribution in [0, 0.1) is 0 Å². The fourth-order valence-corrected chi connectivity index (χ4v) is 0. The van der Waals surface area contributed by atoms with E-state index in [1.165, 1.54) is 0 Å². The van der Waals surface area contributed by atoms with Crippen LogP contribution in [0.15, 0.2) is 25.6 Å². The lowest BCUT2D eigenvalue weighted by Gasteiger charge is -1.31. The zero-order valence-electron chi connectivity index (χ0n) is 6.40. The van der Waals surface area contributed by atoms with Crippen molar-refractivity contribution in [3.05, 3.63) is 25.6 Å². The monoisotopic (exact) mass is 208 g/mol. The second-order valence-corrected chi connectivity index (χ2v) is 0.563. The van der Waals surface area contributed by atoms with Crippen molar-refractivity contribution in [2.24, 2.45) is 0 Å². The smallest absolute Gasteiger partial charge is 0.0795 e. The second-order valence-electron chi connectivity index (χ2n) is 0.563. The molecule has 0 unspecified atom stereocenters. The molecule has 0 aromatic carbocycles. The average Bonchev–Trinajstić information content (AvgIpc) is 1.39. The Bertz CT molecular complexity index is 32.8. The molecule has 0 aliphatic rings. The van der Waals surface area contributed by atoms with Gasteiger partial charge in [0.2, 0.25) is 0 Å². The third-order valence-corrected chi connectivity index (χ3v) is 0. The van der Waals surface area contributed by atoms with E-state index in [2.05, 4.69) is 13.2 Å². The number of hydrogen-bond acceptors (Lipinski definition) is 0. The van der Waals surface area contributed by atoms with Crippen molar-refractivity contribution in [3.8, 4) is 0 Å². The van der Waals surface area contributed by atoms with E-state index in [4.69, 9.17) is 0 Å². The van der Waals surface area contributed by atoms with E-state index < -0.39 is 0 Å². The minimum Gasteiger partial charge on any atom is -0.269 e. The summed E-state index contributed by atoms with van der Waals surface area (Å²) in [5.74, 6) is 0. The highest BCUT2D eigenvalue weighted by atomic mass is 19.1. The largest absolute Gasteiger partial charge is 0.269 e. The number of allylic oxidation sites excluding steroid dienone is 1. The molecule has 7 heteroatoms. The van der Waals surface area contributed by atoms with Crippen molar-refractivity contribution in [3.63, 3.8) is 0 Å². The van der Waals surface area contributed by atoms with Gasteiger partial charge in [-0.2, -0.15) is 0 Å². The van der Waals surface area contributed by atoms with Gasteiger partial charge in [0.25, 0.3) is 0 Å². The lowest BCUT2D eigenvalue weighted by Crippen LogP contribution is -1.07. The summed E-state index contributed by atoms with van der Waals surface area (Å²) in [7, 11) is 0. The van der Waals surface area contributed by atoms with Crippen LogP contribution in [-0.4, -0.2) is 0 Å². The summed E-state index contributed by atoms with van der Waals surface area (Å²) in [4.78, 5) is 0. The van der Waals surface area contributed by atoms with E-state index in [1.807, 2.05) is 6.92 Å². The van der Waals surface area contributed by atoms with Gasteiger partial charge in [-0.05, 0) is 6.92 Å². The number of halogens is 7. The van der Waals surface area contributed by atoms with Crippen LogP contribution < -0.4 is 0 Å². The van der Waals surface area contributed by atoms with Crippen LogP contribution in [0.3, 0.4) is 0 Å². The Labute approximate surface area is 66.4 Å². The van der Waals surface area contributed by atoms with Gasteiger partial charge in [-0.3, -0.25) is 28.2 Å². The lowest BCUT2D eigenvalue weighted by atomic mass is 10.8. The number of hydrogen-bond donors (Lipinski definition) is 0. The Morgan fingerprint density at radius 3 is 0.833 bits per heavy atom. The molecule has 0 heterocycles. The van der Waals surface area contributed by atoms with Crippen LogP contribution in [0.4, 0.5) is 32.6 Å². The summed E-state index contributed by atoms with van der Waals surface area (Å²) in [5.41, 5.74) is 0. The highest BCUT2D eigenvalue weighted by Crippen LogP contribution is 1.48. The first-order chi connectivity index (χ1) is 2.83. The average molecular weight is 208 g/mol. The third kappa shape index (κ3) is 563. The molecule has 0 nitrogen and oxygen atoms in total. The summed E-state index contributed by atoms with van der Waals surface area (Å²) in [6.45, 7) is 7.94. The van der Waals surface area contributed by atoms with E-state index in [-0.39, 0.29) is 34.6 Å². The van der Waals surface area contributed by atoms with E-state index in [1.54, 1.807) is 6.08 Å². The Hall–Kier alpha value is -1.01. The molecule has 0 fully saturated rings. The molecule has 0 aliphatic carbocycles. The van der Waals surface area contributed by atoms with Crippen LogP contribution in [0.2, 0.25) is 0 Å². The lowest BCUT2D eigenvalue weighted by molar-refractivity contribution is 0.725.